The summed E-state index contributed by atoms with van der Waals surface area (Å²) in [7, 11) is 0. The van der Waals surface area contributed by atoms with Gasteiger partial charge in [-0.05, 0) is 53.1 Å². The van der Waals surface area contributed by atoms with Crippen LogP contribution >= 0.6 is 0 Å². The molecule has 3 rings (SSSR count). The molecule has 5 nitrogen and oxygen atoms in total. The van der Waals surface area contributed by atoms with Crippen molar-refractivity contribution in [3.8, 4) is 16.9 Å². The van der Waals surface area contributed by atoms with Crippen molar-refractivity contribution in [1.29, 1.82) is 0 Å². The van der Waals surface area contributed by atoms with Crippen molar-refractivity contribution < 1.29 is 18.7 Å². The molecule has 2 aromatic carbocycles. The molecule has 5 heteroatoms. The summed E-state index contributed by atoms with van der Waals surface area (Å²) in [5, 5.41) is 0.783. The van der Waals surface area contributed by atoms with Crippen LogP contribution in [-0.4, -0.2) is 12.8 Å². The number of ether oxygens (including phenoxy) is 2. The van der Waals surface area contributed by atoms with E-state index in [1.54, 1.807) is 12.1 Å². The van der Waals surface area contributed by atoms with E-state index in [-0.39, 0.29) is 12.7 Å². The number of rotatable bonds is 8. The fourth-order valence-electron chi connectivity index (χ4n) is 3.43. The Labute approximate surface area is 182 Å². The fraction of sp³-hybridized carbons (Fsp3) is 0.308. The lowest BCUT2D eigenvalue weighted by molar-refractivity contribution is -0.144. The van der Waals surface area contributed by atoms with Crippen LogP contribution in [0.5, 0.6) is 5.75 Å². The van der Waals surface area contributed by atoms with Crippen LogP contribution in [0.2, 0.25) is 0 Å². The molecule has 1 aromatic heterocycles. The van der Waals surface area contributed by atoms with Crippen molar-refractivity contribution >= 4 is 16.9 Å². The number of carbonyl (C=O) groups excluding carboxylic acids is 1. The maximum absolute atomic E-state index is 12.8. The molecule has 0 amide bonds. The van der Waals surface area contributed by atoms with E-state index in [0.29, 0.717) is 22.8 Å². The van der Waals surface area contributed by atoms with Crippen LogP contribution in [0.15, 0.2) is 64.3 Å². The van der Waals surface area contributed by atoms with Gasteiger partial charge < -0.3 is 13.9 Å². The minimum atomic E-state index is -0.572. The second-order valence-electron chi connectivity index (χ2n) is 7.89. The SMILES string of the molecule is C=CC(=O)OCOc1ccc2cc(-c3ccc(C(C)CC)cc3C(C)C)c(=O)oc2c1. The van der Waals surface area contributed by atoms with Gasteiger partial charge in [0.05, 0.1) is 5.56 Å². The maximum Gasteiger partial charge on any atom is 0.344 e. The average molecular weight is 421 g/mol. The van der Waals surface area contributed by atoms with Gasteiger partial charge in [0.25, 0.3) is 0 Å². The highest BCUT2D eigenvalue weighted by Crippen LogP contribution is 2.33. The quantitative estimate of drug-likeness (QED) is 0.189. The molecule has 162 valence electrons. The van der Waals surface area contributed by atoms with Crippen molar-refractivity contribution in [1.82, 2.24) is 0 Å². The van der Waals surface area contributed by atoms with Crippen LogP contribution in [0.1, 0.15) is 57.1 Å². The molecule has 0 saturated carbocycles. The second-order valence-corrected chi connectivity index (χ2v) is 7.89. The number of hydrogen-bond donors (Lipinski definition) is 0. The second kappa shape index (κ2) is 9.65. The third-order valence-corrected chi connectivity index (χ3v) is 5.47. The van der Waals surface area contributed by atoms with Crippen LogP contribution in [0.3, 0.4) is 0 Å². The highest BCUT2D eigenvalue weighted by molar-refractivity contribution is 5.83. The van der Waals surface area contributed by atoms with Crippen LogP contribution in [0.25, 0.3) is 22.1 Å². The maximum atomic E-state index is 12.8. The topological polar surface area (TPSA) is 65.7 Å². The first-order valence-electron chi connectivity index (χ1n) is 10.5. The predicted octanol–water partition coefficient (Wildman–Crippen LogP) is 6.16. The first kappa shape index (κ1) is 22.3. The Bertz CT molecular complexity index is 1160. The van der Waals surface area contributed by atoms with Gasteiger partial charge in [0.15, 0.2) is 0 Å². The molecule has 31 heavy (non-hydrogen) atoms. The Morgan fingerprint density at radius 3 is 2.55 bits per heavy atom. The summed E-state index contributed by atoms with van der Waals surface area (Å²) in [6.45, 7) is 11.7. The Balaban J connectivity index is 1.97. The summed E-state index contributed by atoms with van der Waals surface area (Å²) in [4.78, 5) is 24.0. The van der Waals surface area contributed by atoms with E-state index in [1.165, 1.54) is 5.56 Å². The molecule has 0 aliphatic rings. The average Bonchev–Trinajstić information content (AvgIpc) is 2.77. The van der Waals surface area contributed by atoms with Gasteiger partial charge in [-0.2, -0.15) is 0 Å². The normalized spacial score (nSPS) is 12.0. The molecule has 0 aliphatic heterocycles. The zero-order valence-electron chi connectivity index (χ0n) is 18.4. The highest BCUT2D eigenvalue weighted by Gasteiger charge is 2.16. The van der Waals surface area contributed by atoms with Gasteiger partial charge in [-0.15, -0.1) is 0 Å². The summed E-state index contributed by atoms with van der Waals surface area (Å²) in [6, 6.07) is 13.4. The van der Waals surface area contributed by atoms with Gasteiger partial charge in [0, 0.05) is 17.5 Å². The minimum Gasteiger partial charge on any atom is -0.457 e. The third-order valence-electron chi connectivity index (χ3n) is 5.47. The highest BCUT2D eigenvalue weighted by atomic mass is 16.7. The molecular formula is C26H28O5. The summed E-state index contributed by atoms with van der Waals surface area (Å²) in [5.41, 5.74) is 3.85. The molecule has 3 aromatic rings. The van der Waals surface area contributed by atoms with E-state index in [2.05, 4.69) is 46.4 Å². The Morgan fingerprint density at radius 2 is 1.87 bits per heavy atom. The van der Waals surface area contributed by atoms with Crippen LogP contribution in [0, 0.1) is 0 Å². The summed E-state index contributed by atoms with van der Waals surface area (Å²) in [5.74, 6) is 0.588. The van der Waals surface area contributed by atoms with Gasteiger partial charge in [-0.25, -0.2) is 9.59 Å². The molecule has 0 saturated heterocycles. The van der Waals surface area contributed by atoms with Crippen molar-refractivity contribution in [2.24, 2.45) is 0 Å². The molecule has 1 unspecified atom stereocenters. The molecule has 1 atom stereocenters. The zero-order valence-corrected chi connectivity index (χ0v) is 18.4. The molecule has 0 N–H and O–H groups in total. The Hall–Kier alpha value is -3.34. The van der Waals surface area contributed by atoms with Gasteiger partial charge in [-0.1, -0.05) is 52.5 Å². The van der Waals surface area contributed by atoms with E-state index < -0.39 is 11.6 Å². The number of benzene rings is 2. The minimum absolute atomic E-state index is 0.251. The first-order valence-corrected chi connectivity index (χ1v) is 10.5. The fourth-order valence-corrected chi connectivity index (χ4v) is 3.43. The van der Waals surface area contributed by atoms with Gasteiger partial charge in [0.1, 0.15) is 11.3 Å². The predicted molar refractivity (Wildman–Crippen MR) is 122 cm³/mol. The number of carbonyl (C=O) groups is 1. The lowest BCUT2D eigenvalue weighted by Crippen LogP contribution is -2.08. The standard InChI is InChI=1S/C26H28O5/c1-6-17(5)18-9-11-21(22(12-18)16(3)4)23-13-19-8-10-20(14-24(19)31-26(23)28)29-15-30-25(27)7-2/h7-14,16-17H,2,6,15H2,1,3-5H3. The van der Waals surface area contributed by atoms with Crippen LogP contribution in [0.4, 0.5) is 0 Å². The summed E-state index contributed by atoms with van der Waals surface area (Å²) < 4.78 is 15.8. The number of hydrogen-bond acceptors (Lipinski definition) is 5. The summed E-state index contributed by atoms with van der Waals surface area (Å²) in [6.07, 6.45) is 2.12. The molecule has 0 radical (unpaired) electrons. The van der Waals surface area contributed by atoms with Crippen molar-refractivity contribution in [2.45, 2.75) is 46.0 Å². The molecule has 0 bridgehead atoms. The molecule has 0 spiro atoms. The van der Waals surface area contributed by atoms with Gasteiger partial charge in [-0.3, -0.25) is 0 Å². The van der Waals surface area contributed by atoms with E-state index in [9.17, 15) is 9.59 Å². The van der Waals surface area contributed by atoms with Crippen molar-refractivity contribution in [2.75, 3.05) is 6.79 Å². The van der Waals surface area contributed by atoms with Crippen molar-refractivity contribution in [3.63, 3.8) is 0 Å². The van der Waals surface area contributed by atoms with Gasteiger partial charge >= 0.3 is 11.6 Å². The van der Waals surface area contributed by atoms with E-state index in [4.69, 9.17) is 13.9 Å². The monoisotopic (exact) mass is 420 g/mol. The zero-order chi connectivity index (χ0) is 22.5. The van der Waals surface area contributed by atoms with Crippen LogP contribution < -0.4 is 10.4 Å². The number of fused-ring (bicyclic) bond motifs is 1. The smallest absolute Gasteiger partial charge is 0.344 e. The molecular weight excluding hydrogens is 392 g/mol. The van der Waals surface area contributed by atoms with E-state index >= 15 is 0 Å². The molecule has 0 fully saturated rings. The van der Waals surface area contributed by atoms with Crippen LogP contribution in [-0.2, 0) is 9.53 Å². The Morgan fingerprint density at radius 1 is 1.10 bits per heavy atom. The van der Waals surface area contributed by atoms with Gasteiger partial charge in [0.2, 0.25) is 6.79 Å². The largest absolute Gasteiger partial charge is 0.457 e. The number of esters is 1. The third kappa shape index (κ3) is 5.05. The lowest BCUT2D eigenvalue weighted by atomic mass is 9.88. The summed E-state index contributed by atoms with van der Waals surface area (Å²) >= 11 is 0. The molecule has 0 aliphatic carbocycles. The lowest BCUT2D eigenvalue weighted by Gasteiger charge is -2.17. The van der Waals surface area contributed by atoms with E-state index in [0.717, 1.165) is 29.0 Å². The first-order chi connectivity index (χ1) is 14.8. The van der Waals surface area contributed by atoms with Crippen molar-refractivity contribution in [3.05, 3.63) is 76.7 Å². The Kier molecular flexibility index (Phi) is 6.95. The molecule has 1 heterocycles. The van der Waals surface area contributed by atoms with E-state index in [1.807, 2.05) is 18.2 Å².